The molecule has 1 aliphatic carbocycles. The first-order valence-electron chi connectivity index (χ1n) is 5.64. The molecule has 1 heterocycles. The second kappa shape index (κ2) is 4.51. The number of hydrogen-bond donors (Lipinski definition) is 2. The van der Waals surface area contributed by atoms with Gasteiger partial charge in [-0.05, 0) is 38.3 Å². The third kappa shape index (κ3) is 2.72. The molecule has 1 saturated carbocycles. The molecule has 16 heavy (non-hydrogen) atoms. The molecule has 2 rings (SSSR count). The Kier molecular flexibility index (Phi) is 3.08. The van der Waals surface area contributed by atoms with Crippen LogP contribution in [0.1, 0.15) is 25.3 Å². The predicted octanol–water partition coefficient (Wildman–Crippen LogP) is 1.47. The quantitative estimate of drug-likeness (QED) is 0.806. The SMILES string of the molecule is Cc1cnccc1NC(C)C(=O)NC1CC1. The van der Waals surface area contributed by atoms with Gasteiger partial charge in [0.05, 0.1) is 0 Å². The molecule has 0 spiro atoms. The first-order chi connectivity index (χ1) is 7.66. The van der Waals surface area contributed by atoms with Crippen molar-refractivity contribution in [1.29, 1.82) is 0 Å². The Morgan fingerprint density at radius 3 is 2.94 bits per heavy atom. The van der Waals surface area contributed by atoms with Gasteiger partial charge >= 0.3 is 0 Å². The Morgan fingerprint density at radius 1 is 1.56 bits per heavy atom. The van der Waals surface area contributed by atoms with Crippen LogP contribution >= 0.6 is 0 Å². The van der Waals surface area contributed by atoms with E-state index < -0.39 is 0 Å². The molecule has 0 aliphatic heterocycles. The van der Waals surface area contributed by atoms with Gasteiger partial charge in [-0.3, -0.25) is 9.78 Å². The van der Waals surface area contributed by atoms with E-state index in [-0.39, 0.29) is 11.9 Å². The van der Waals surface area contributed by atoms with Crippen molar-refractivity contribution in [3.63, 3.8) is 0 Å². The lowest BCUT2D eigenvalue weighted by molar-refractivity contribution is -0.121. The van der Waals surface area contributed by atoms with Crippen LogP contribution in [0.2, 0.25) is 0 Å². The van der Waals surface area contributed by atoms with E-state index in [4.69, 9.17) is 0 Å². The van der Waals surface area contributed by atoms with Crippen molar-refractivity contribution < 1.29 is 4.79 Å². The highest BCUT2D eigenvalue weighted by atomic mass is 16.2. The summed E-state index contributed by atoms with van der Waals surface area (Å²) in [6, 6.07) is 2.09. The number of nitrogens with zero attached hydrogens (tertiary/aromatic N) is 1. The Morgan fingerprint density at radius 2 is 2.31 bits per heavy atom. The summed E-state index contributed by atoms with van der Waals surface area (Å²) in [5, 5.41) is 6.17. The highest BCUT2D eigenvalue weighted by Crippen LogP contribution is 2.19. The zero-order valence-electron chi connectivity index (χ0n) is 9.66. The molecule has 4 nitrogen and oxygen atoms in total. The maximum atomic E-state index is 11.7. The zero-order valence-corrected chi connectivity index (χ0v) is 9.66. The highest BCUT2D eigenvalue weighted by molar-refractivity contribution is 5.84. The van der Waals surface area contributed by atoms with Crippen molar-refractivity contribution in [2.75, 3.05) is 5.32 Å². The van der Waals surface area contributed by atoms with Gasteiger partial charge in [-0.15, -0.1) is 0 Å². The van der Waals surface area contributed by atoms with Crippen LogP contribution in [-0.4, -0.2) is 23.0 Å². The van der Waals surface area contributed by atoms with Gasteiger partial charge in [0.1, 0.15) is 6.04 Å². The molecule has 2 N–H and O–H groups in total. The fraction of sp³-hybridized carbons (Fsp3) is 0.500. The van der Waals surface area contributed by atoms with E-state index in [9.17, 15) is 4.79 Å². The minimum atomic E-state index is -0.207. The Labute approximate surface area is 95.5 Å². The number of hydrogen-bond acceptors (Lipinski definition) is 3. The number of carbonyl (C=O) groups excluding carboxylic acids is 1. The summed E-state index contributed by atoms with van der Waals surface area (Å²) in [6.45, 7) is 3.85. The summed E-state index contributed by atoms with van der Waals surface area (Å²) in [5.41, 5.74) is 2.02. The molecule has 1 unspecified atom stereocenters. The molecule has 1 fully saturated rings. The van der Waals surface area contributed by atoms with Crippen LogP contribution in [0.4, 0.5) is 5.69 Å². The summed E-state index contributed by atoms with van der Waals surface area (Å²) < 4.78 is 0. The van der Waals surface area contributed by atoms with Gasteiger partial charge in [0.25, 0.3) is 0 Å². The van der Waals surface area contributed by atoms with E-state index in [1.54, 1.807) is 12.4 Å². The van der Waals surface area contributed by atoms with E-state index in [0.717, 1.165) is 24.1 Å². The summed E-state index contributed by atoms with van der Waals surface area (Å²) in [6.07, 6.45) is 5.74. The van der Waals surface area contributed by atoms with Gasteiger partial charge in [0.15, 0.2) is 0 Å². The third-order valence-electron chi connectivity index (χ3n) is 2.71. The minimum Gasteiger partial charge on any atom is -0.374 e. The van der Waals surface area contributed by atoms with Gasteiger partial charge in [-0.25, -0.2) is 0 Å². The smallest absolute Gasteiger partial charge is 0.242 e. The van der Waals surface area contributed by atoms with Crippen molar-refractivity contribution >= 4 is 11.6 Å². The lowest BCUT2D eigenvalue weighted by atomic mass is 10.2. The molecule has 86 valence electrons. The number of pyridine rings is 1. The molecule has 1 aromatic rings. The zero-order chi connectivity index (χ0) is 11.5. The van der Waals surface area contributed by atoms with Crippen molar-refractivity contribution in [1.82, 2.24) is 10.3 Å². The molecule has 0 bridgehead atoms. The molecule has 1 amide bonds. The monoisotopic (exact) mass is 219 g/mol. The van der Waals surface area contributed by atoms with Gasteiger partial charge in [0, 0.05) is 24.1 Å². The largest absolute Gasteiger partial charge is 0.374 e. The predicted molar refractivity (Wildman–Crippen MR) is 63.2 cm³/mol. The lowest BCUT2D eigenvalue weighted by Crippen LogP contribution is -2.38. The van der Waals surface area contributed by atoms with Crippen LogP contribution in [0.25, 0.3) is 0 Å². The Balaban J connectivity index is 1.92. The van der Waals surface area contributed by atoms with E-state index in [1.807, 2.05) is 19.9 Å². The summed E-state index contributed by atoms with van der Waals surface area (Å²) in [5.74, 6) is 0.0683. The Hall–Kier alpha value is -1.58. The molecule has 1 aliphatic rings. The second-order valence-electron chi connectivity index (χ2n) is 4.34. The minimum absolute atomic E-state index is 0.0683. The van der Waals surface area contributed by atoms with Crippen molar-refractivity contribution in [3.8, 4) is 0 Å². The maximum absolute atomic E-state index is 11.7. The van der Waals surface area contributed by atoms with Crippen LogP contribution < -0.4 is 10.6 Å². The molecular weight excluding hydrogens is 202 g/mol. The second-order valence-corrected chi connectivity index (χ2v) is 4.34. The number of amides is 1. The van der Waals surface area contributed by atoms with Gasteiger partial charge in [-0.1, -0.05) is 0 Å². The van der Waals surface area contributed by atoms with Crippen LogP contribution in [0, 0.1) is 6.92 Å². The molecule has 0 aromatic carbocycles. The fourth-order valence-electron chi connectivity index (χ4n) is 1.49. The van der Waals surface area contributed by atoms with E-state index in [1.165, 1.54) is 0 Å². The van der Waals surface area contributed by atoms with Crippen LogP contribution in [0.15, 0.2) is 18.5 Å². The van der Waals surface area contributed by atoms with Crippen molar-refractivity contribution in [2.45, 2.75) is 38.8 Å². The van der Waals surface area contributed by atoms with Gasteiger partial charge in [-0.2, -0.15) is 0 Å². The van der Waals surface area contributed by atoms with Crippen molar-refractivity contribution in [3.05, 3.63) is 24.0 Å². The van der Waals surface area contributed by atoms with Crippen LogP contribution in [0.3, 0.4) is 0 Å². The lowest BCUT2D eigenvalue weighted by Gasteiger charge is -2.16. The molecule has 1 aromatic heterocycles. The highest BCUT2D eigenvalue weighted by Gasteiger charge is 2.25. The average Bonchev–Trinajstić information content (AvgIpc) is 3.05. The molecule has 1 atom stereocenters. The number of rotatable bonds is 4. The van der Waals surface area contributed by atoms with E-state index in [2.05, 4.69) is 15.6 Å². The number of nitrogens with one attached hydrogen (secondary N) is 2. The number of aromatic nitrogens is 1. The molecule has 0 radical (unpaired) electrons. The number of anilines is 1. The van der Waals surface area contributed by atoms with Crippen LogP contribution in [0.5, 0.6) is 0 Å². The third-order valence-corrected chi connectivity index (χ3v) is 2.71. The topological polar surface area (TPSA) is 54.0 Å². The summed E-state index contributed by atoms with van der Waals surface area (Å²) in [4.78, 5) is 15.7. The normalized spacial score (nSPS) is 16.6. The van der Waals surface area contributed by atoms with Gasteiger partial charge < -0.3 is 10.6 Å². The maximum Gasteiger partial charge on any atom is 0.242 e. The van der Waals surface area contributed by atoms with Crippen LogP contribution in [-0.2, 0) is 4.79 Å². The van der Waals surface area contributed by atoms with Gasteiger partial charge in [0.2, 0.25) is 5.91 Å². The van der Waals surface area contributed by atoms with Crippen molar-refractivity contribution in [2.24, 2.45) is 0 Å². The number of carbonyl (C=O) groups is 1. The number of aryl methyl sites for hydroxylation is 1. The average molecular weight is 219 g/mol. The summed E-state index contributed by atoms with van der Waals surface area (Å²) >= 11 is 0. The molecular formula is C12H17N3O. The Bertz CT molecular complexity index is 388. The first-order valence-corrected chi connectivity index (χ1v) is 5.64. The summed E-state index contributed by atoms with van der Waals surface area (Å²) in [7, 11) is 0. The molecule has 4 heteroatoms. The first kappa shape index (κ1) is 10.9. The fourth-order valence-corrected chi connectivity index (χ4v) is 1.49. The van der Waals surface area contributed by atoms with E-state index in [0.29, 0.717) is 6.04 Å². The van der Waals surface area contributed by atoms with E-state index >= 15 is 0 Å². The standard InChI is InChI=1S/C12H17N3O/c1-8-7-13-6-5-11(8)14-9(2)12(16)15-10-3-4-10/h5-7,9-10H,3-4H2,1-2H3,(H,13,14)(H,15,16). The molecule has 0 saturated heterocycles.